The predicted octanol–water partition coefficient (Wildman–Crippen LogP) is 7.06. The maximum absolute atomic E-state index is 15.1. The van der Waals surface area contributed by atoms with Crippen molar-refractivity contribution >= 4 is 62.7 Å². The molecule has 1 fully saturated rings. The minimum Gasteiger partial charge on any atom is -0.307 e. The first-order valence-electron chi connectivity index (χ1n) is 11.7. The summed E-state index contributed by atoms with van der Waals surface area (Å²) in [4.78, 5) is 29.5. The number of aromatic nitrogens is 1. The first-order valence-corrected chi connectivity index (χ1v) is 13.8. The van der Waals surface area contributed by atoms with Crippen LogP contribution in [0.3, 0.4) is 0 Å². The molecule has 0 radical (unpaired) electrons. The summed E-state index contributed by atoms with van der Waals surface area (Å²) in [5.41, 5.74) is 2.87. The van der Waals surface area contributed by atoms with Gasteiger partial charge in [0.15, 0.2) is 5.13 Å². The van der Waals surface area contributed by atoms with Gasteiger partial charge in [0.05, 0.1) is 10.6 Å². The van der Waals surface area contributed by atoms with E-state index in [0.29, 0.717) is 49.1 Å². The zero-order chi connectivity index (χ0) is 25.7. The Morgan fingerprint density at radius 1 is 1.19 bits per heavy atom. The van der Waals surface area contributed by atoms with Gasteiger partial charge in [0.2, 0.25) is 0 Å². The van der Waals surface area contributed by atoms with E-state index in [0.717, 1.165) is 24.8 Å². The van der Waals surface area contributed by atoms with Crippen molar-refractivity contribution in [1.82, 2.24) is 10.3 Å². The molecule has 0 bridgehead atoms. The third-order valence-corrected chi connectivity index (χ3v) is 7.59. The third kappa shape index (κ3) is 6.66. The number of carbonyl (C=O) groups excluding carboxylic acids is 2. The molecular weight excluding hydrogens is 514 g/mol. The average molecular weight is 540 g/mol. The molecule has 0 atom stereocenters. The SMILES string of the molecule is CC(C)CCCCc1cccc(-c2csc(NC(=O)c3ccc(/C=C4/SC(=S)NC4=O)cc3)n2)c1F. The topological polar surface area (TPSA) is 71.1 Å². The minimum atomic E-state index is -0.316. The molecule has 36 heavy (non-hydrogen) atoms. The Morgan fingerprint density at radius 3 is 2.67 bits per heavy atom. The van der Waals surface area contributed by atoms with Gasteiger partial charge in [-0.1, -0.05) is 74.9 Å². The number of rotatable bonds is 9. The number of carbonyl (C=O) groups is 2. The zero-order valence-electron chi connectivity index (χ0n) is 20.0. The molecule has 0 spiro atoms. The lowest BCUT2D eigenvalue weighted by Gasteiger charge is -2.08. The van der Waals surface area contributed by atoms with Crippen LogP contribution in [0.4, 0.5) is 9.52 Å². The highest BCUT2D eigenvalue weighted by molar-refractivity contribution is 8.26. The Morgan fingerprint density at radius 2 is 1.97 bits per heavy atom. The maximum Gasteiger partial charge on any atom is 0.263 e. The van der Waals surface area contributed by atoms with Gasteiger partial charge in [-0.25, -0.2) is 9.37 Å². The van der Waals surface area contributed by atoms with Crippen LogP contribution in [0.15, 0.2) is 52.7 Å². The van der Waals surface area contributed by atoms with E-state index in [1.807, 2.05) is 12.1 Å². The van der Waals surface area contributed by atoms with Crippen molar-refractivity contribution in [3.63, 3.8) is 0 Å². The average Bonchev–Trinajstić information content (AvgIpc) is 3.43. The summed E-state index contributed by atoms with van der Waals surface area (Å²) in [7, 11) is 0. The molecule has 1 aliphatic heterocycles. The van der Waals surface area contributed by atoms with Crippen molar-refractivity contribution in [2.75, 3.05) is 5.32 Å². The first-order chi connectivity index (χ1) is 17.3. The van der Waals surface area contributed by atoms with Gasteiger partial charge in [-0.2, -0.15) is 0 Å². The number of aryl methyl sites for hydroxylation is 1. The van der Waals surface area contributed by atoms with Gasteiger partial charge in [-0.3, -0.25) is 14.9 Å². The van der Waals surface area contributed by atoms with Crippen LogP contribution in [0.1, 0.15) is 54.6 Å². The summed E-state index contributed by atoms with van der Waals surface area (Å²) in [6.45, 7) is 4.39. The fourth-order valence-corrected chi connectivity index (χ4v) is 5.52. The Balaban J connectivity index is 1.40. The Kier molecular flexibility index (Phi) is 8.66. The number of thioether (sulfide) groups is 1. The van der Waals surface area contributed by atoms with Crippen molar-refractivity contribution in [3.05, 3.63) is 75.3 Å². The van der Waals surface area contributed by atoms with E-state index in [1.165, 1.54) is 23.1 Å². The number of unbranched alkanes of at least 4 members (excludes halogenated alkanes) is 1. The molecule has 2 aromatic carbocycles. The van der Waals surface area contributed by atoms with Gasteiger partial charge in [0.1, 0.15) is 10.1 Å². The van der Waals surface area contributed by atoms with Crippen LogP contribution >= 0.6 is 35.3 Å². The van der Waals surface area contributed by atoms with E-state index < -0.39 is 0 Å². The van der Waals surface area contributed by atoms with Crippen LogP contribution in [0, 0.1) is 11.7 Å². The number of benzene rings is 2. The number of hydrogen-bond acceptors (Lipinski definition) is 6. The zero-order valence-corrected chi connectivity index (χ0v) is 22.4. The van der Waals surface area contributed by atoms with E-state index in [4.69, 9.17) is 12.2 Å². The van der Waals surface area contributed by atoms with E-state index in [9.17, 15) is 9.59 Å². The van der Waals surface area contributed by atoms with Crippen molar-refractivity contribution < 1.29 is 14.0 Å². The number of halogens is 1. The molecule has 4 rings (SSSR count). The molecule has 2 N–H and O–H groups in total. The fourth-order valence-electron chi connectivity index (χ4n) is 3.77. The number of thiazole rings is 1. The van der Waals surface area contributed by atoms with Crippen LogP contribution in [0.5, 0.6) is 0 Å². The first kappa shape index (κ1) is 26.2. The Bertz CT molecular complexity index is 1320. The highest BCUT2D eigenvalue weighted by Gasteiger charge is 2.22. The quantitative estimate of drug-likeness (QED) is 0.173. The molecule has 0 aliphatic carbocycles. The van der Waals surface area contributed by atoms with Crippen molar-refractivity contribution in [2.45, 2.75) is 39.5 Å². The van der Waals surface area contributed by atoms with E-state index in [2.05, 4.69) is 29.5 Å². The number of thiocarbonyl (C=S) groups is 1. The second-order valence-electron chi connectivity index (χ2n) is 8.88. The van der Waals surface area contributed by atoms with Crippen LogP contribution < -0.4 is 10.6 Å². The normalized spacial score (nSPS) is 14.5. The predicted molar refractivity (Wildman–Crippen MR) is 151 cm³/mol. The lowest BCUT2D eigenvalue weighted by molar-refractivity contribution is -0.115. The van der Waals surface area contributed by atoms with Gasteiger partial charge in [0, 0.05) is 16.5 Å². The molecule has 2 amide bonds. The fraction of sp³-hybridized carbons (Fsp3) is 0.259. The smallest absolute Gasteiger partial charge is 0.263 e. The van der Waals surface area contributed by atoms with Crippen LogP contribution in [0.2, 0.25) is 0 Å². The lowest BCUT2D eigenvalue weighted by Crippen LogP contribution is -2.17. The maximum atomic E-state index is 15.1. The van der Waals surface area contributed by atoms with E-state index >= 15 is 4.39 Å². The summed E-state index contributed by atoms with van der Waals surface area (Å²) >= 11 is 7.45. The highest BCUT2D eigenvalue weighted by atomic mass is 32.2. The van der Waals surface area contributed by atoms with E-state index in [1.54, 1.807) is 41.8 Å². The van der Waals surface area contributed by atoms with Crippen molar-refractivity contribution in [1.29, 1.82) is 0 Å². The van der Waals surface area contributed by atoms with Gasteiger partial charge < -0.3 is 5.32 Å². The molecule has 1 aliphatic rings. The molecule has 3 aromatic rings. The number of nitrogens with zero attached hydrogens (tertiary/aromatic N) is 1. The summed E-state index contributed by atoms with van der Waals surface area (Å²) in [6.07, 6.45) is 5.59. The van der Waals surface area contributed by atoms with Gasteiger partial charge in [-0.15, -0.1) is 11.3 Å². The van der Waals surface area contributed by atoms with Crippen molar-refractivity contribution in [2.24, 2.45) is 5.92 Å². The number of amides is 2. The second kappa shape index (κ2) is 11.9. The highest BCUT2D eigenvalue weighted by Crippen LogP contribution is 2.30. The molecule has 5 nitrogen and oxygen atoms in total. The molecule has 186 valence electrons. The summed E-state index contributed by atoms with van der Waals surface area (Å²) in [6, 6.07) is 12.3. The molecular formula is C27H26FN3O2S3. The molecule has 9 heteroatoms. The Labute approximate surface area is 223 Å². The second-order valence-corrected chi connectivity index (χ2v) is 11.5. The third-order valence-electron chi connectivity index (χ3n) is 5.67. The summed E-state index contributed by atoms with van der Waals surface area (Å²) in [5, 5.41) is 7.51. The molecule has 2 heterocycles. The van der Waals surface area contributed by atoms with Gasteiger partial charge in [0.25, 0.3) is 11.8 Å². The molecule has 1 aromatic heterocycles. The number of nitrogens with one attached hydrogen (secondary N) is 2. The Hall–Kier alpha value is -2.88. The summed E-state index contributed by atoms with van der Waals surface area (Å²) in [5.74, 6) is -0.133. The van der Waals surface area contributed by atoms with Crippen LogP contribution in [-0.4, -0.2) is 21.1 Å². The lowest BCUT2D eigenvalue weighted by atomic mass is 10.00. The van der Waals surface area contributed by atoms with Gasteiger partial charge >= 0.3 is 0 Å². The monoisotopic (exact) mass is 539 g/mol. The largest absolute Gasteiger partial charge is 0.307 e. The van der Waals surface area contributed by atoms with Crippen LogP contribution in [0.25, 0.3) is 17.3 Å². The van der Waals surface area contributed by atoms with Gasteiger partial charge in [-0.05, 0) is 54.2 Å². The minimum absolute atomic E-state index is 0.223. The standard InChI is InChI=1S/C27H26FN3O2S3/c1-16(2)6-3-4-7-18-8-5-9-20(23(18)28)21-15-35-26(29-21)30-24(32)19-12-10-17(11-13-19)14-22-25(33)31-27(34)36-22/h5,8-16H,3-4,6-7H2,1-2H3,(H,29,30,32)(H,31,33,34)/b22-14+. The van der Waals surface area contributed by atoms with E-state index in [-0.39, 0.29) is 17.6 Å². The van der Waals surface area contributed by atoms with Crippen LogP contribution in [-0.2, 0) is 11.2 Å². The molecule has 0 saturated carbocycles. The number of anilines is 1. The molecule has 1 saturated heterocycles. The molecule has 0 unspecified atom stereocenters. The van der Waals surface area contributed by atoms with Crippen molar-refractivity contribution in [3.8, 4) is 11.3 Å². The number of hydrogen-bond donors (Lipinski definition) is 2. The summed E-state index contributed by atoms with van der Waals surface area (Å²) < 4.78 is 15.6.